The minimum atomic E-state index is -4.84. The Balaban J connectivity index is 1.81. The molecule has 0 fully saturated rings. The highest BCUT2D eigenvalue weighted by Gasteiger charge is 2.39. The number of hydrogen-bond donors (Lipinski definition) is 2. The molecule has 0 aromatic heterocycles. The van der Waals surface area contributed by atoms with Crippen LogP contribution in [-0.2, 0) is 6.42 Å². The molecule has 38 heavy (non-hydrogen) atoms. The van der Waals surface area contributed by atoms with Crippen LogP contribution in [0.3, 0.4) is 0 Å². The van der Waals surface area contributed by atoms with E-state index in [2.05, 4.69) is 10.1 Å². The fraction of sp³-hybridized carbons (Fsp3) is 0.346. The Bertz CT molecular complexity index is 1170. The van der Waals surface area contributed by atoms with E-state index in [9.17, 15) is 31.4 Å². The topological polar surface area (TPSA) is 71.8 Å². The van der Waals surface area contributed by atoms with Gasteiger partial charge in [0, 0.05) is 19.8 Å². The van der Waals surface area contributed by atoms with E-state index in [4.69, 9.17) is 5.26 Å². The van der Waals surface area contributed by atoms with Crippen molar-refractivity contribution in [2.24, 2.45) is 5.92 Å². The van der Waals surface area contributed by atoms with E-state index in [1.165, 1.54) is 36.3 Å². The number of alkyl halides is 6. The van der Waals surface area contributed by atoms with Gasteiger partial charge in [0.25, 0.3) is 0 Å². The highest BCUT2D eigenvalue weighted by atomic mass is 19.4. The first kappa shape index (κ1) is 29.0. The third-order valence-electron chi connectivity index (χ3n) is 6.10. The van der Waals surface area contributed by atoms with Gasteiger partial charge >= 0.3 is 12.5 Å². The number of halogens is 6. The maximum Gasteiger partial charge on any atom is 0.573 e. The quantitative estimate of drug-likeness (QED) is 0.245. The van der Waals surface area contributed by atoms with E-state index < -0.39 is 36.6 Å². The number of likely N-dealkylation sites (N-methyl/N-ethyl adjacent to an activating group) is 1. The summed E-state index contributed by atoms with van der Waals surface area (Å²) < 4.78 is 81.4. The van der Waals surface area contributed by atoms with Gasteiger partial charge in [0.2, 0.25) is 0 Å². The van der Waals surface area contributed by atoms with Crippen LogP contribution in [0.4, 0.5) is 32.0 Å². The molecule has 0 radical (unpaired) electrons. The first-order valence-electron chi connectivity index (χ1n) is 11.5. The molecule has 0 saturated heterocycles. The fourth-order valence-electron chi connectivity index (χ4n) is 3.95. The molecule has 2 N–H and O–H groups in total. The van der Waals surface area contributed by atoms with Crippen LogP contribution in [0.2, 0.25) is 0 Å². The van der Waals surface area contributed by atoms with Gasteiger partial charge in [0.15, 0.2) is 6.35 Å². The summed E-state index contributed by atoms with van der Waals surface area (Å²) in [5.74, 6) is -2.08. The van der Waals surface area contributed by atoms with Crippen LogP contribution in [0.25, 0.3) is 0 Å². The van der Waals surface area contributed by atoms with E-state index in [0.29, 0.717) is 11.1 Å². The third kappa shape index (κ3) is 7.98. The zero-order valence-electron chi connectivity index (χ0n) is 20.5. The van der Waals surface area contributed by atoms with Crippen molar-refractivity contribution in [3.05, 3.63) is 83.5 Å². The Morgan fingerprint density at radius 3 is 2.21 bits per heavy atom. The zero-order valence-corrected chi connectivity index (χ0v) is 20.5. The minimum absolute atomic E-state index is 0.172. The van der Waals surface area contributed by atoms with Crippen molar-refractivity contribution in [3.8, 4) is 11.8 Å². The highest BCUT2D eigenvalue weighted by molar-refractivity contribution is 5.46. The third-order valence-corrected chi connectivity index (χ3v) is 6.10. The van der Waals surface area contributed by atoms with E-state index >= 15 is 0 Å². The minimum Gasteiger partial charge on any atom is -0.406 e. The smallest absolute Gasteiger partial charge is 0.406 e. The lowest BCUT2D eigenvalue weighted by Crippen LogP contribution is -2.53. The molecule has 1 aliphatic rings. The van der Waals surface area contributed by atoms with E-state index in [-0.39, 0.29) is 18.5 Å². The lowest BCUT2D eigenvalue weighted by atomic mass is 9.89. The van der Waals surface area contributed by atoms with Crippen molar-refractivity contribution in [2.75, 3.05) is 19.4 Å². The van der Waals surface area contributed by atoms with Gasteiger partial charge in [-0.3, -0.25) is 0 Å². The largest absolute Gasteiger partial charge is 0.573 e. The van der Waals surface area contributed by atoms with Crippen molar-refractivity contribution in [3.63, 3.8) is 0 Å². The van der Waals surface area contributed by atoms with Gasteiger partial charge in [0.1, 0.15) is 5.75 Å². The van der Waals surface area contributed by atoms with E-state index in [1.807, 2.05) is 6.07 Å². The molecule has 2 aromatic carbocycles. The van der Waals surface area contributed by atoms with Gasteiger partial charge in [-0.05, 0) is 60.4 Å². The number of hydrazine groups is 1. The number of benzene rings is 2. The summed E-state index contributed by atoms with van der Waals surface area (Å²) in [5.41, 5.74) is 1.89. The van der Waals surface area contributed by atoms with Gasteiger partial charge in [-0.1, -0.05) is 30.4 Å². The van der Waals surface area contributed by atoms with Gasteiger partial charge in [-0.15, -0.1) is 13.2 Å². The number of aliphatic hydroxyl groups is 1. The second kappa shape index (κ2) is 11.9. The van der Waals surface area contributed by atoms with Crippen molar-refractivity contribution in [2.45, 2.75) is 37.8 Å². The molecule has 2 aromatic rings. The molecule has 3 unspecified atom stereocenters. The molecule has 6 nitrogen and oxygen atoms in total. The van der Waals surface area contributed by atoms with Gasteiger partial charge in [-0.2, -0.15) is 23.4 Å². The second-order valence-electron chi connectivity index (χ2n) is 8.72. The van der Waals surface area contributed by atoms with Crippen LogP contribution < -0.4 is 10.1 Å². The maximum atomic E-state index is 13.5. The average Bonchev–Trinajstić information content (AvgIpc) is 2.86. The van der Waals surface area contributed by atoms with Crippen molar-refractivity contribution >= 4 is 5.69 Å². The van der Waals surface area contributed by atoms with E-state index in [1.54, 1.807) is 42.4 Å². The Morgan fingerprint density at radius 2 is 1.66 bits per heavy atom. The molecule has 1 aliphatic carbocycles. The molecule has 12 heteroatoms. The normalized spacial score (nSPS) is 17.6. The first-order valence-corrected chi connectivity index (χ1v) is 11.5. The van der Waals surface area contributed by atoms with Crippen LogP contribution in [0, 0.1) is 17.2 Å². The Morgan fingerprint density at radius 1 is 1.03 bits per heavy atom. The Kier molecular flexibility index (Phi) is 9.09. The molecule has 204 valence electrons. The van der Waals surface area contributed by atoms with Crippen molar-refractivity contribution in [1.29, 1.82) is 5.26 Å². The summed E-state index contributed by atoms with van der Waals surface area (Å²) in [6, 6.07) is 12.8. The Hall–Kier alpha value is -3.53. The summed E-state index contributed by atoms with van der Waals surface area (Å²) in [5, 5.41) is 25.5. The number of hydrogen-bond acceptors (Lipinski definition) is 6. The highest BCUT2D eigenvalue weighted by Crippen LogP contribution is 2.35. The predicted octanol–water partition coefficient (Wildman–Crippen LogP) is 5.60. The van der Waals surface area contributed by atoms with Crippen molar-refractivity contribution < 1.29 is 36.2 Å². The number of ether oxygens (including phenoxy) is 1. The zero-order chi connectivity index (χ0) is 28.1. The Labute approximate surface area is 216 Å². The number of nitrogens with zero attached hydrogens (tertiary/aromatic N) is 3. The van der Waals surface area contributed by atoms with Crippen LogP contribution in [0.5, 0.6) is 5.75 Å². The molecule has 0 spiro atoms. The molecule has 0 amide bonds. The molecule has 0 saturated carbocycles. The summed E-state index contributed by atoms with van der Waals surface area (Å²) in [6.45, 7) is 0. The number of allylic oxidation sites excluding steroid dienone is 2. The van der Waals surface area contributed by atoms with Gasteiger partial charge in [0.05, 0.1) is 23.6 Å². The molecule has 3 atom stereocenters. The summed E-state index contributed by atoms with van der Waals surface area (Å²) in [6.07, 6.45) is -6.27. The lowest BCUT2D eigenvalue weighted by molar-refractivity contribution is -0.274. The molecule has 0 heterocycles. The second-order valence-corrected chi connectivity index (χ2v) is 8.72. The lowest BCUT2D eigenvalue weighted by Gasteiger charge is -2.39. The number of rotatable bonds is 9. The van der Waals surface area contributed by atoms with Gasteiger partial charge < -0.3 is 15.2 Å². The van der Waals surface area contributed by atoms with Crippen LogP contribution in [-0.4, -0.2) is 54.2 Å². The number of nitrogens with one attached hydrogen (secondary N) is 1. The summed E-state index contributed by atoms with van der Waals surface area (Å²) >= 11 is 0. The molecule has 0 aliphatic heterocycles. The van der Waals surface area contributed by atoms with Crippen LogP contribution in [0.15, 0.2) is 72.3 Å². The van der Waals surface area contributed by atoms with Crippen molar-refractivity contribution in [1.82, 2.24) is 10.0 Å². The summed E-state index contributed by atoms with van der Waals surface area (Å²) in [7, 11) is 3.12. The van der Waals surface area contributed by atoms with E-state index in [0.717, 1.165) is 17.7 Å². The average molecular weight is 541 g/mol. The number of nitriles is 1. The SMILES string of the molecule is CN(C(O)Nc1ccc(OC(F)(F)F)cc1)N(C)C(Cc1ccc(C#N)cc1)C1=CC(C(F)(F)F)CC=C1. The molecular formula is C26H26F6N4O2. The number of anilines is 1. The van der Waals surface area contributed by atoms with Gasteiger partial charge in [-0.25, -0.2) is 5.01 Å². The standard InChI is InChI=1S/C26H26F6N4O2/c1-35(36(2)24(37)34-21-10-12-22(13-11-21)38-26(30,31)32)23(14-17-6-8-18(16-33)9-7-17)19-4-3-5-20(15-19)25(27,28)29/h3-4,6-13,15,20,23-24,34,37H,5,14H2,1-2H3. The maximum absolute atomic E-state index is 13.5. The predicted molar refractivity (Wildman–Crippen MR) is 128 cm³/mol. The summed E-state index contributed by atoms with van der Waals surface area (Å²) in [4.78, 5) is 0. The van der Waals surface area contributed by atoms with Crippen LogP contribution >= 0.6 is 0 Å². The van der Waals surface area contributed by atoms with Crippen LogP contribution in [0.1, 0.15) is 17.5 Å². The molecule has 3 rings (SSSR count). The molecular weight excluding hydrogens is 514 g/mol. The number of aliphatic hydroxyl groups excluding tert-OH is 1. The molecule has 0 bridgehead atoms. The first-order chi connectivity index (χ1) is 17.8. The monoisotopic (exact) mass is 540 g/mol. The fourth-order valence-corrected chi connectivity index (χ4v) is 3.95.